The lowest BCUT2D eigenvalue weighted by Gasteiger charge is -2.22. The van der Waals surface area contributed by atoms with Crippen LogP contribution in [0.5, 0.6) is 5.75 Å². The number of carbonyl (C=O) groups is 4. The minimum Gasteiger partial charge on any atom is -0.489 e. The van der Waals surface area contributed by atoms with Crippen LogP contribution in [0.25, 0.3) is 11.3 Å². The van der Waals surface area contributed by atoms with Crippen LogP contribution in [0.15, 0.2) is 53.6 Å². The molecule has 316 valence electrons. The molecule has 58 heavy (non-hydrogen) atoms. The summed E-state index contributed by atoms with van der Waals surface area (Å²) in [6.07, 6.45) is 4.26. The molecule has 2 aliphatic rings. The number of nitrogens with one attached hydrogen (secondary N) is 3. The van der Waals surface area contributed by atoms with E-state index in [2.05, 4.69) is 30.7 Å². The molecule has 0 saturated carbocycles. The Kier molecular flexibility index (Phi) is 18.4. The number of Topliss-reactive ketones (excluding diaryl/α,β-unsaturated/α-hetero) is 1. The van der Waals surface area contributed by atoms with E-state index in [9.17, 15) is 27.6 Å². The van der Waals surface area contributed by atoms with E-state index in [1.807, 2.05) is 6.07 Å². The van der Waals surface area contributed by atoms with Crippen molar-refractivity contribution in [2.24, 2.45) is 5.73 Å². The molecule has 3 heterocycles. The van der Waals surface area contributed by atoms with Crippen LogP contribution in [0.4, 0.5) is 11.5 Å². The number of ether oxygens (including phenoxy) is 4. The molecule has 0 spiro atoms. The first-order valence-corrected chi connectivity index (χ1v) is 20.6. The van der Waals surface area contributed by atoms with Crippen LogP contribution in [0.1, 0.15) is 61.0 Å². The van der Waals surface area contributed by atoms with Crippen molar-refractivity contribution < 1.29 is 46.5 Å². The zero-order valence-corrected chi connectivity index (χ0v) is 33.8. The predicted octanol–water partition coefficient (Wildman–Crippen LogP) is 2.03. The van der Waals surface area contributed by atoms with Gasteiger partial charge >= 0.3 is 5.97 Å². The van der Waals surface area contributed by atoms with Crippen molar-refractivity contribution in [2.45, 2.75) is 62.4 Å². The Balaban J connectivity index is 1.41. The van der Waals surface area contributed by atoms with E-state index in [1.165, 1.54) is 29.7 Å². The number of methoxy groups -OCH3 is 1. The number of sulfonamides is 1. The Hall–Kier alpha value is -5.05. The number of unbranched alkanes of at least 4 members (excludes halogenated alkanes) is 2. The third kappa shape index (κ3) is 13.8. The van der Waals surface area contributed by atoms with Crippen molar-refractivity contribution in [1.29, 1.82) is 0 Å². The highest BCUT2D eigenvalue weighted by atomic mass is 32.2. The summed E-state index contributed by atoms with van der Waals surface area (Å²) < 4.78 is 51.1. The van der Waals surface area contributed by atoms with Gasteiger partial charge in [-0.1, -0.05) is 37.1 Å². The fourth-order valence-electron chi connectivity index (χ4n) is 5.98. The summed E-state index contributed by atoms with van der Waals surface area (Å²) in [4.78, 5) is 58.5. The number of benzene rings is 2. The molecule has 4 bridgehead atoms. The number of ketones is 1. The van der Waals surface area contributed by atoms with Crippen LogP contribution in [-0.2, 0) is 45.2 Å². The Labute approximate surface area is 338 Å². The number of nitrogens with zero attached hydrogens (tertiary/aromatic N) is 3. The maximum Gasteiger partial charge on any atom is 0.322 e. The van der Waals surface area contributed by atoms with Gasteiger partial charge in [0, 0.05) is 43.6 Å². The first-order chi connectivity index (χ1) is 27.9. The van der Waals surface area contributed by atoms with Crippen LogP contribution in [-0.4, -0.2) is 119 Å². The number of aromatic nitrogens is 2. The summed E-state index contributed by atoms with van der Waals surface area (Å²) in [6.45, 7) is 1.21. The normalized spacial score (nSPS) is 15.7. The quantitative estimate of drug-likeness (QED) is 0.0835. The Morgan fingerprint density at radius 1 is 0.983 bits per heavy atom. The molecule has 3 aromatic rings. The smallest absolute Gasteiger partial charge is 0.322 e. The van der Waals surface area contributed by atoms with Gasteiger partial charge in [0.15, 0.2) is 17.3 Å². The first kappa shape index (κ1) is 45.6. The highest BCUT2D eigenvalue weighted by Gasteiger charge is 2.25. The summed E-state index contributed by atoms with van der Waals surface area (Å²) >= 11 is 0. The lowest BCUT2D eigenvalue weighted by atomic mass is 10.1. The Morgan fingerprint density at radius 3 is 2.47 bits per heavy atom. The SMILES string of the molecule is CNCc1cccc2c1OCCOCCOCCN(CCCC(=O)NCC(=O)CCCCC[C@@H](N)C(=O)OC)S(=O)(=O)c1ccc(cc1)-c1cnc(N)c(n1)C(=O)N2. The number of amides is 2. The van der Waals surface area contributed by atoms with Gasteiger partial charge in [0.1, 0.15) is 18.4 Å². The van der Waals surface area contributed by atoms with Crippen LogP contribution < -0.4 is 32.2 Å². The molecular weight excluding hydrogens is 773 g/mol. The number of carbonyl (C=O) groups excluding carboxylic acids is 4. The highest BCUT2D eigenvalue weighted by Crippen LogP contribution is 2.30. The van der Waals surface area contributed by atoms with Gasteiger partial charge in [0.2, 0.25) is 15.9 Å². The predicted molar refractivity (Wildman–Crippen MR) is 215 cm³/mol. The number of nitrogen functional groups attached to an aromatic ring is 1. The maximum atomic E-state index is 13.9. The standard InChI is InChI=1S/C39H54N8O10S/c1-42-24-28-8-6-11-32-36(28)57-23-22-56-21-20-55-19-18-47(17-7-12-34(49)43-25-29(48)9-4-3-5-10-31(40)39(51)54-2)58(52,53)30-15-13-27(14-16-30)33-26-44-37(41)35(45-33)38(50)46-32/h6,8,11,13-16,26,31,42H,3-5,7,9-10,12,17-25,40H2,1-2H3,(H2,41,44)(H,43,49)(H,46,50)/t31-/m1/s1. The van der Waals surface area contributed by atoms with Gasteiger partial charge in [-0.05, 0) is 44.5 Å². The summed E-state index contributed by atoms with van der Waals surface area (Å²) in [5.74, 6) is -1.24. The van der Waals surface area contributed by atoms with Gasteiger partial charge < -0.3 is 46.4 Å². The maximum absolute atomic E-state index is 13.9. The van der Waals surface area contributed by atoms with Gasteiger partial charge in [-0.3, -0.25) is 19.2 Å². The Bertz CT molecular complexity index is 1950. The van der Waals surface area contributed by atoms with Gasteiger partial charge in [-0.15, -0.1) is 0 Å². The van der Waals surface area contributed by atoms with E-state index in [0.29, 0.717) is 49.2 Å². The van der Waals surface area contributed by atoms with E-state index < -0.39 is 27.9 Å². The molecule has 5 rings (SSSR count). The van der Waals surface area contributed by atoms with Crippen LogP contribution in [0.3, 0.4) is 0 Å². The summed E-state index contributed by atoms with van der Waals surface area (Å²) in [5, 5.41) is 8.54. The lowest BCUT2D eigenvalue weighted by molar-refractivity contribution is -0.142. The first-order valence-electron chi connectivity index (χ1n) is 19.2. The van der Waals surface area contributed by atoms with E-state index >= 15 is 0 Å². The molecule has 7 N–H and O–H groups in total. The van der Waals surface area contributed by atoms with Gasteiger partial charge in [0.25, 0.3) is 5.91 Å². The number of nitrogens with two attached hydrogens (primary N) is 2. The van der Waals surface area contributed by atoms with Crippen LogP contribution in [0.2, 0.25) is 0 Å². The van der Waals surface area contributed by atoms with Crippen LogP contribution in [0, 0.1) is 0 Å². The highest BCUT2D eigenvalue weighted by molar-refractivity contribution is 7.89. The summed E-state index contributed by atoms with van der Waals surface area (Å²) in [5.41, 5.74) is 13.7. The van der Waals surface area contributed by atoms with Crippen molar-refractivity contribution in [2.75, 3.05) is 77.9 Å². The van der Waals surface area contributed by atoms with Crippen molar-refractivity contribution in [1.82, 2.24) is 24.9 Å². The van der Waals surface area contributed by atoms with E-state index in [1.54, 1.807) is 31.3 Å². The third-order valence-electron chi connectivity index (χ3n) is 9.12. The molecule has 19 heteroatoms. The van der Waals surface area contributed by atoms with E-state index in [-0.39, 0.29) is 106 Å². The molecule has 1 aromatic heterocycles. The number of hydrogen-bond acceptors (Lipinski definition) is 15. The van der Waals surface area contributed by atoms with Crippen molar-refractivity contribution in [3.05, 3.63) is 59.9 Å². The molecule has 18 nitrogen and oxygen atoms in total. The minimum absolute atomic E-state index is 0.000552. The molecule has 2 aliphatic heterocycles. The molecule has 0 aliphatic carbocycles. The average molecular weight is 827 g/mol. The minimum atomic E-state index is -4.05. The zero-order chi connectivity index (χ0) is 41.9. The molecule has 0 saturated heterocycles. The summed E-state index contributed by atoms with van der Waals surface area (Å²) in [7, 11) is -0.976. The fraction of sp³-hybridized carbons (Fsp3) is 0.487. The number of esters is 1. The lowest BCUT2D eigenvalue weighted by Crippen LogP contribution is -2.36. The van der Waals surface area contributed by atoms with Crippen molar-refractivity contribution in [3.63, 3.8) is 0 Å². The molecular formula is C39H54N8O10S. The molecule has 0 unspecified atom stereocenters. The number of para-hydroxylation sites is 1. The second-order valence-electron chi connectivity index (χ2n) is 13.4. The number of anilines is 2. The van der Waals surface area contributed by atoms with Gasteiger partial charge in [-0.2, -0.15) is 4.31 Å². The topological polar surface area (TPSA) is 256 Å². The van der Waals surface area contributed by atoms with E-state index in [4.69, 9.17) is 25.7 Å². The summed E-state index contributed by atoms with van der Waals surface area (Å²) in [6, 6.07) is 10.7. The second-order valence-corrected chi connectivity index (χ2v) is 15.4. The zero-order valence-electron chi connectivity index (χ0n) is 33.0. The monoisotopic (exact) mass is 826 g/mol. The number of rotatable bonds is 15. The van der Waals surface area contributed by atoms with Gasteiger partial charge in [-0.25, -0.2) is 18.4 Å². The number of hydrogen-bond donors (Lipinski definition) is 5. The van der Waals surface area contributed by atoms with Crippen molar-refractivity contribution in [3.8, 4) is 17.0 Å². The second kappa shape index (κ2) is 23.4. The molecule has 1 atom stereocenters. The molecule has 2 aromatic carbocycles. The Morgan fingerprint density at radius 2 is 1.72 bits per heavy atom. The molecule has 2 amide bonds. The number of fused-ring (bicyclic) bond motifs is 13. The van der Waals surface area contributed by atoms with Crippen LogP contribution >= 0.6 is 0 Å². The fourth-order valence-corrected chi connectivity index (χ4v) is 7.44. The van der Waals surface area contributed by atoms with Gasteiger partial charge in [0.05, 0.1) is 62.6 Å². The van der Waals surface area contributed by atoms with Crippen molar-refractivity contribution >= 4 is 45.1 Å². The largest absolute Gasteiger partial charge is 0.489 e. The molecule has 0 fully saturated rings. The average Bonchev–Trinajstić information content (AvgIpc) is 3.21. The third-order valence-corrected chi connectivity index (χ3v) is 11.0. The van der Waals surface area contributed by atoms with E-state index in [0.717, 1.165) is 5.56 Å². The molecule has 0 radical (unpaired) electrons.